The van der Waals surface area contributed by atoms with Crippen LogP contribution in [-0.2, 0) is 7.05 Å². The number of anilines is 2. The van der Waals surface area contributed by atoms with Crippen molar-refractivity contribution in [2.45, 2.75) is 13.3 Å². The summed E-state index contributed by atoms with van der Waals surface area (Å²) < 4.78 is 1.79. The van der Waals surface area contributed by atoms with E-state index in [1.165, 1.54) is 0 Å². The van der Waals surface area contributed by atoms with Gasteiger partial charge in [0.25, 0.3) is 5.91 Å². The molecule has 134 valence electrons. The summed E-state index contributed by atoms with van der Waals surface area (Å²) in [7, 11) is 1.83. The fourth-order valence-electron chi connectivity index (χ4n) is 3.38. The summed E-state index contributed by atoms with van der Waals surface area (Å²) in [4.78, 5) is 23.8. The van der Waals surface area contributed by atoms with Crippen molar-refractivity contribution >= 4 is 40.3 Å². The highest BCUT2D eigenvalue weighted by molar-refractivity contribution is 6.35. The van der Waals surface area contributed by atoms with Crippen molar-refractivity contribution in [2.75, 3.05) is 23.3 Å². The van der Waals surface area contributed by atoms with Gasteiger partial charge in [-0.2, -0.15) is 0 Å². The highest BCUT2D eigenvalue weighted by Crippen LogP contribution is 2.26. The minimum absolute atomic E-state index is 0.213. The minimum atomic E-state index is -0.213. The third kappa shape index (κ3) is 3.01. The molecule has 1 unspecified atom stereocenters. The zero-order chi connectivity index (χ0) is 18.3. The minimum Gasteiger partial charge on any atom is -0.356 e. The molecule has 1 N–H and O–H groups in total. The first-order chi connectivity index (χ1) is 12.5. The summed E-state index contributed by atoms with van der Waals surface area (Å²) in [6, 6.07) is 9.08. The summed E-state index contributed by atoms with van der Waals surface area (Å²) >= 11 is 6.25. The molecule has 0 bridgehead atoms. The molecule has 0 saturated carbocycles. The lowest BCUT2D eigenvalue weighted by atomic mass is 10.2. The average Bonchev–Trinajstić information content (AvgIpc) is 3.20. The van der Waals surface area contributed by atoms with E-state index >= 15 is 0 Å². The van der Waals surface area contributed by atoms with Crippen molar-refractivity contribution in [3.05, 3.63) is 47.1 Å². The number of pyridine rings is 1. The van der Waals surface area contributed by atoms with Crippen LogP contribution in [0.25, 0.3) is 11.0 Å². The molecule has 1 aromatic carbocycles. The standard InChI is InChI=1S/C19H20ClN5O/c1-12-7-9-25(11-12)16-10-13(6-8-21-16)18(26)23-19-22-15-5-3-4-14(20)17(15)24(19)2/h3-6,8,10,12H,7,9,11H2,1-2H3,(H,22,23,26). The number of fused-ring (bicyclic) bond motifs is 1. The largest absolute Gasteiger partial charge is 0.356 e. The number of aryl methyl sites for hydroxylation is 1. The highest BCUT2D eigenvalue weighted by Gasteiger charge is 2.21. The summed E-state index contributed by atoms with van der Waals surface area (Å²) in [6.45, 7) is 4.18. The Hall–Kier alpha value is -2.60. The number of aromatic nitrogens is 3. The molecule has 1 amide bonds. The van der Waals surface area contributed by atoms with Crippen molar-refractivity contribution < 1.29 is 4.79 Å². The van der Waals surface area contributed by atoms with E-state index in [9.17, 15) is 4.79 Å². The maximum Gasteiger partial charge on any atom is 0.258 e. The number of benzene rings is 1. The summed E-state index contributed by atoms with van der Waals surface area (Å²) in [5.41, 5.74) is 2.11. The SMILES string of the molecule is CC1CCN(c2cc(C(=O)Nc3nc4cccc(Cl)c4n3C)ccn2)C1. The average molecular weight is 370 g/mol. The fourth-order valence-corrected chi connectivity index (χ4v) is 3.68. The monoisotopic (exact) mass is 369 g/mol. The Labute approximate surface area is 156 Å². The molecule has 0 radical (unpaired) electrons. The Morgan fingerprint density at radius 2 is 2.19 bits per heavy atom. The van der Waals surface area contributed by atoms with Crippen LogP contribution >= 0.6 is 11.6 Å². The molecule has 3 aromatic rings. The van der Waals surface area contributed by atoms with Gasteiger partial charge >= 0.3 is 0 Å². The quantitative estimate of drug-likeness (QED) is 0.764. The number of para-hydroxylation sites is 1. The smallest absolute Gasteiger partial charge is 0.258 e. The van der Waals surface area contributed by atoms with E-state index in [0.29, 0.717) is 22.5 Å². The summed E-state index contributed by atoms with van der Waals surface area (Å²) in [6.07, 6.45) is 2.83. The highest BCUT2D eigenvalue weighted by atomic mass is 35.5. The molecule has 4 rings (SSSR count). The van der Waals surface area contributed by atoms with E-state index in [4.69, 9.17) is 11.6 Å². The van der Waals surface area contributed by atoms with Crippen LogP contribution < -0.4 is 10.2 Å². The molecule has 26 heavy (non-hydrogen) atoms. The van der Waals surface area contributed by atoms with Gasteiger partial charge in [0.2, 0.25) is 5.95 Å². The number of nitrogens with zero attached hydrogens (tertiary/aromatic N) is 4. The van der Waals surface area contributed by atoms with Gasteiger partial charge in [-0.15, -0.1) is 0 Å². The lowest BCUT2D eigenvalue weighted by Gasteiger charge is -2.17. The molecule has 2 aromatic heterocycles. The third-order valence-corrected chi connectivity index (χ3v) is 5.13. The second kappa shape index (κ2) is 6.61. The van der Waals surface area contributed by atoms with Crippen molar-refractivity contribution in [1.82, 2.24) is 14.5 Å². The van der Waals surface area contributed by atoms with E-state index in [-0.39, 0.29) is 5.91 Å². The molecule has 3 heterocycles. The van der Waals surface area contributed by atoms with Crippen molar-refractivity contribution in [3.8, 4) is 0 Å². The van der Waals surface area contributed by atoms with Crippen LogP contribution in [0.1, 0.15) is 23.7 Å². The Bertz CT molecular complexity index is 983. The molecule has 1 saturated heterocycles. The van der Waals surface area contributed by atoms with E-state index in [0.717, 1.165) is 36.4 Å². The summed E-state index contributed by atoms with van der Waals surface area (Å²) in [5.74, 6) is 1.75. The molecule has 0 aliphatic carbocycles. The number of carbonyl (C=O) groups excluding carboxylic acids is 1. The second-order valence-corrected chi connectivity index (χ2v) is 7.21. The number of hydrogen-bond donors (Lipinski definition) is 1. The second-order valence-electron chi connectivity index (χ2n) is 6.80. The van der Waals surface area contributed by atoms with Crippen LogP contribution in [0.4, 0.5) is 11.8 Å². The number of halogens is 1. The molecule has 0 spiro atoms. The first kappa shape index (κ1) is 16.8. The number of hydrogen-bond acceptors (Lipinski definition) is 4. The Balaban J connectivity index is 1.59. The van der Waals surface area contributed by atoms with Gasteiger partial charge in [0.15, 0.2) is 0 Å². The molecule has 6 nitrogen and oxygen atoms in total. The normalized spacial score (nSPS) is 17.0. The van der Waals surface area contributed by atoms with Gasteiger partial charge in [0, 0.05) is 31.9 Å². The van der Waals surface area contributed by atoms with E-state index in [2.05, 4.69) is 27.1 Å². The number of imidazole rings is 1. The van der Waals surface area contributed by atoms with Gasteiger partial charge in [0.05, 0.1) is 16.1 Å². The maximum atomic E-state index is 12.7. The van der Waals surface area contributed by atoms with E-state index < -0.39 is 0 Å². The predicted molar refractivity (Wildman–Crippen MR) is 104 cm³/mol. The van der Waals surface area contributed by atoms with Crippen LogP contribution in [0.2, 0.25) is 5.02 Å². The lowest BCUT2D eigenvalue weighted by molar-refractivity contribution is 0.102. The zero-order valence-electron chi connectivity index (χ0n) is 14.7. The van der Waals surface area contributed by atoms with E-state index in [1.807, 2.05) is 31.3 Å². The van der Waals surface area contributed by atoms with Gasteiger partial charge < -0.3 is 9.47 Å². The number of rotatable bonds is 3. The summed E-state index contributed by atoms with van der Waals surface area (Å²) in [5, 5.41) is 3.48. The molecular formula is C19H20ClN5O. The molecular weight excluding hydrogens is 350 g/mol. The Morgan fingerprint density at radius 3 is 2.92 bits per heavy atom. The van der Waals surface area contributed by atoms with Crippen LogP contribution in [0.5, 0.6) is 0 Å². The van der Waals surface area contributed by atoms with Crippen LogP contribution in [0, 0.1) is 5.92 Å². The van der Waals surface area contributed by atoms with Gasteiger partial charge in [-0.05, 0) is 36.6 Å². The lowest BCUT2D eigenvalue weighted by Crippen LogP contribution is -2.21. The van der Waals surface area contributed by atoms with Crippen molar-refractivity contribution in [2.24, 2.45) is 13.0 Å². The first-order valence-electron chi connectivity index (χ1n) is 8.66. The zero-order valence-corrected chi connectivity index (χ0v) is 15.5. The van der Waals surface area contributed by atoms with Gasteiger partial charge in [-0.3, -0.25) is 10.1 Å². The van der Waals surface area contributed by atoms with Gasteiger partial charge in [-0.1, -0.05) is 24.6 Å². The molecule has 1 fully saturated rings. The Kier molecular flexibility index (Phi) is 4.28. The fraction of sp³-hybridized carbons (Fsp3) is 0.316. The van der Waals surface area contributed by atoms with Crippen molar-refractivity contribution in [3.63, 3.8) is 0 Å². The van der Waals surface area contributed by atoms with Crippen LogP contribution in [0.3, 0.4) is 0 Å². The molecule has 1 atom stereocenters. The number of nitrogens with one attached hydrogen (secondary N) is 1. The van der Waals surface area contributed by atoms with Crippen LogP contribution in [-0.4, -0.2) is 33.5 Å². The van der Waals surface area contributed by atoms with Crippen molar-refractivity contribution in [1.29, 1.82) is 0 Å². The topological polar surface area (TPSA) is 63.1 Å². The first-order valence-corrected chi connectivity index (χ1v) is 9.04. The van der Waals surface area contributed by atoms with E-state index in [1.54, 1.807) is 16.8 Å². The predicted octanol–water partition coefficient (Wildman–Crippen LogP) is 3.72. The molecule has 7 heteroatoms. The molecule has 1 aliphatic rings. The maximum absolute atomic E-state index is 12.7. The van der Waals surface area contributed by atoms with Gasteiger partial charge in [-0.25, -0.2) is 9.97 Å². The van der Waals surface area contributed by atoms with Gasteiger partial charge in [0.1, 0.15) is 5.82 Å². The third-order valence-electron chi connectivity index (χ3n) is 4.83. The van der Waals surface area contributed by atoms with Crippen LogP contribution in [0.15, 0.2) is 36.5 Å². The number of carbonyl (C=O) groups is 1. The Morgan fingerprint density at radius 1 is 1.35 bits per heavy atom. The molecule has 1 aliphatic heterocycles. The number of amides is 1.